The van der Waals surface area contributed by atoms with E-state index in [-0.39, 0.29) is 4.90 Å². The van der Waals surface area contributed by atoms with Crippen molar-refractivity contribution in [2.24, 2.45) is 0 Å². The van der Waals surface area contributed by atoms with E-state index >= 15 is 0 Å². The van der Waals surface area contributed by atoms with E-state index < -0.39 is 21.5 Å². The number of esters is 1. The molecule has 7 heteroatoms. The van der Waals surface area contributed by atoms with Crippen molar-refractivity contribution in [2.45, 2.75) is 42.5 Å². The number of nitrogens with one attached hydrogen (secondary N) is 1. The summed E-state index contributed by atoms with van der Waals surface area (Å²) < 4.78 is 32.3. The first-order valence-corrected chi connectivity index (χ1v) is 8.64. The summed E-state index contributed by atoms with van der Waals surface area (Å²) in [7, 11) is -2.56. The minimum Gasteiger partial charge on any atom is -0.468 e. The average Bonchev–Trinajstić information content (AvgIpc) is 2.47. The van der Waals surface area contributed by atoms with E-state index in [2.05, 4.69) is 4.72 Å². The van der Waals surface area contributed by atoms with E-state index in [1.54, 1.807) is 12.1 Å². The van der Waals surface area contributed by atoms with Crippen LogP contribution in [0.15, 0.2) is 29.2 Å². The molecule has 0 radical (unpaired) electrons. The van der Waals surface area contributed by atoms with Crippen LogP contribution in [-0.2, 0) is 19.6 Å². The smallest absolute Gasteiger partial charge is 0.327 e. The SMILES string of the molecule is COC(=O)C1(NS(=O)(=O)c2cccc(Cl)c2)CCCCC1. The predicted octanol–water partition coefficient (Wildman–Crippen LogP) is 2.49. The maximum Gasteiger partial charge on any atom is 0.327 e. The molecular formula is C14H18ClNO4S. The molecule has 1 aliphatic carbocycles. The minimum atomic E-state index is -3.83. The lowest BCUT2D eigenvalue weighted by molar-refractivity contribution is -0.149. The molecule has 0 unspecified atom stereocenters. The molecule has 1 aromatic rings. The highest BCUT2D eigenvalue weighted by atomic mass is 35.5. The van der Waals surface area contributed by atoms with Crippen LogP contribution >= 0.6 is 11.6 Å². The zero-order chi connectivity index (χ0) is 15.5. The summed E-state index contributed by atoms with van der Waals surface area (Å²) in [4.78, 5) is 12.1. The van der Waals surface area contributed by atoms with Crippen molar-refractivity contribution >= 4 is 27.6 Å². The standard InChI is InChI=1S/C14H18ClNO4S/c1-20-13(17)14(8-3-2-4-9-14)16-21(18,19)12-7-5-6-11(15)10-12/h5-7,10,16H,2-4,8-9H2,1H3. The van der Waals surface area contributed by atoms with Crippen molar-refractivity contribution in [3.8, 4) is 0 Å². The Hall–Kier alpha value is -1.11. The summed E-state index contributed by atoms with van der Waals surface area (Å²) in [5.41, 5.74) is -1.17. The summed E-state index contributed by atoms with van der Waals surface area (Å²) in [6.45, 7) is 0. The van der Waals surface area contributed by atoms with Gasteiger partial charge in [0.15, 0.2) is 0 Å². The monoisotopic (exact) mass is 331 g/mol. The second kappa shape index (κ2) is 6.34. The van der Waals surface area contributed by atoms with Gasteiger partial charge in [-0.05, 0) is 31.0 Å². The van der Waals surface area contributed by atoms with Gasteiger partial charge >= 0.3 is 5.97 Å². The summed E-state index contributed by atoms with van der Waals surface area (Å²) >= 11 is 5.83. The van der Waals surface area contributed by atoms with E-state index in [4.69, 9.17) is 16.3 Å². The van der Waals surface area contributed by atoms with Gasteiger partial charge in [0.2, 0.25) is 10.0 Å². The highest BCUT2D eigenvalue weighted by Gasteiger charge is 2.44. The van der Waals surface area contributed by atoms with Crippen LogP contribution in [0.2, 0.25) is 5.02 Å². The lowest BCUT2D eigenvalue weighted by Crippen LogP contribution is -2.55. The number of carbonyl (C=O) groups excluding carboxylic acids is 1. The van der Waals surface area contributed by atoms with Gasteiger partial charge in [0.05, 0.1) is 12.0 Å². The van der Waals surface area contributed by atoms with Crippen LogP contribution in [0.4, 0.5) is 0 Å². The van der Waals surface area contributed by atoms with Gasteiger partial charge in [0, 0.05) is 5.02 Å². The summed E-state index contributed by atoms with van der Waals surface area (Å²) in [5, 5.41) is 0.327. The topological polar surface area (TPSA) is 72.5 Å². The van der Waals surface area contributed by atoms with E-state index in [1.165, 1.54) is 19.2 Å². The molecule has 0 aromatic heterocycles. The van der Waals surface area contributed by atoms with Crippen molar-refractivity contribution in [1.29, 1.82) is 0 Å². The molecule has 0 saturated heterocycles. The quantitative estimate of drug-likeness (QED) is 0.860. The molecule has 21 heavy (non-hydrogen) atoms. The Kier molecular flexibility index (Phi) is 4.91. The average molecular weight is 332 g/mol. The van der Waals surface area contributed by atoms with Crippen LogP contribution in [0.25, 0.3) is 0 Å². The van der Waals surface area contributed by atoms with Gasteiger partial charge in [-0.2, -0.15) is 4.72 Å². The molecule has 2 rings (SSSR count). The Bertz CT molecular complexity index is 624. The van der Waals surface area contributed by atoms with Crippen molar-refractivity contribution in [1.82, 2.24) is 4.72 Å². The number of rotatable bonds is 4. The molecule has 1 aliphatic rings. The number of ether oxygens (including phenoxy) is 1. The number of hydrogen-bond acceptors (Lipinski definition) is 4. The maximum absolute atomic E-state index is 12.5. The fourth-order valence-corrected chi connectivity index (χ4v) is 4.36. The zero-order valence-corrected chi connectivity index (χ0v) is 13.3. The van der Waals surface area contributed by atoms with Gasteiger partial charge in [0.25, 0.3) is 0 Å². The molecule has 1 N–H and O–H groups in total. The van der Waals surface area contributed by atoms with E-state index in [1.807, 2.05) is 0 Å². The molecule has 1 saturated carbocycles. The molecule has 1 fully saturated rings. The Labute approximate surface area is 129 Å². The lowest BCUT2D eigenvalue weighted by Gasteiger charge is -2.34. The summed E-state index contributed by atoms with van der Waals surface area (Å²) in [6.07, 6.45) is 3.44. The largest absolute Gasteiger partial charge is 0.468 e. The van der Waals surface area contributed by atoms with E-state index in [9.17, 15) is 13.2 Å². The Balaban J connectivity index is 2.33. The Morgan fingerprint density at radius 2 is 1.95 bits per heavy atom. The van der Waals surface area contributed by atoms with E-state index in [0.29, 0.717) is 17.9 Å². The highest BCUT2D eigenvalue weighted by molar-refractivity contribution is 7.89. The summed E-state index contributed by atoms with van der Waals surface area (Å²) in [6, 6.07) is 5.96. The maximum atomic E-state index is 12.5. The lowest BCUT2D eigenvalue weighted by atomic mass is 9.83. The number of sulfonamides is 1. The number of hydrogen-bond donors (Lipinski definition) is 1. The van der Waals surface area contributed by atoms with Crippen LogP contribution < -0.4 is 4.72 Å². The molecule has 0 atom stereocenters. The third-order valence-corrected chi connectivity index (χ3v) is 5.49. The molecule has 5 nitrogen and oxygen atoms in total. The minimum absolute atomic E-state index is 0.0452. The third kappa shape index (κ3) is 3.56. The second-order valence-corrected chi connectivity index (χ2v) is 7.32. The molecule has 0 bridgehead atoms. The number of methoxy groups -OCH3 is 1. The highest BCUT2D eigenvalue weighted by Crippen LogP contribution is 2.31. The normalized spacial score (nSPS) is 18.2. The number of halogens is 1. The van der Waals surface area contributed by atoms with Gasteiger partial charge in [-0.15, -0.1) is 0 Å². The summed E-state index contributed by atoms with van der Waals surface area (Å²) in [5.74, 6) is -0.534. The van der Waals surface area contributed by atoms with Crippen molar-refractivity contribution in [2.75, 3.05) is 7.11 Å². The molecule has 116 valence electrons. The zero-order valence-electron chi connectivity index (χ0n) is 11.8. The molecule has 0 aliphatic heterocycles. The van der Waals surface area contributed by atoms with Crippen molar-refractivity contribution in [3.63, 3.8) is 0 Å². The molecular weight excluding hydrogens is 314 g/mol. The van der Waals surface area contributed by atoms with Gasteiger partial charge in [0.1, 0.15) is 5.54 Å². The van der Waals surface area contributed by atoms with Gasteiger partial charge in [-0.1, -0.05) is 36.9 Å². The first kappa shape index (κ1) is 16.3. The predicted molar refractivity (Wildman–Crippen MR) is 79.6 cm³/mol. The molecule has 0 heterocycles. The molecule has 1 aromatic carbocycles. The van der Waals surface area contributed by atoms with E-state index in [0.717, 1.165) is 19.3 Å². The van der Waals surface area contributed by atoms with Crippen LogP contribution in [0, 0.1) is 0 Å². The van der Waals surface area contributed by atoms with Crippen LogP contribution in [0.3, 0.4) is 0 Å². The number of benzene rings is 1. The third-order valence-electron chi connectivity index (χ3n) is 3.72. The number of carbonyl (C=O) groups is 1. The van der Waals surface area contributed by atoms with Crippen LogP contribution in [0.1, 0.15) is 32.1 Å². The Morgan fingerprint density at radius 1 is 1.29 bits per heavy atom. The van der Waals surface area contributed by atoms with Crippen LogP contribution in [0.5, 0.6) is 0 Å². The first-order chi connectivity index (χ1) is 9.89. The van der Waals surface area contributed by atoms with Gasteiger partial charge < -0.3 is 4.74 Å². The van der Waals surface area contributed by atoms with Gasteiger partial charge in [-0.3, -0.25) is 4.79 Å². The van der Waals surface area contributed by atoms with Crippen molar-refractivity contribution in [3.05, 3.63) is 29.3 Å². The Morgan fingerprint density at radius 3 is 2.52 bits per heavy atom. The first-order valence-electron chi connectivity index (χ1n) is 6.78. The molecule has 0 amide bonds. The fourth-order valence-electron chi connectivity index (χ4n) is 2.65. The second-order valence-electron chi connectivity index (χ2n) is 5.20. The van der Waals surface area contributed by atoms with Crippen molar-refractivity contribution < 1.29 is 17.9 Å². The fraction of sp³-hybridized carbons (Fsp3) is 0.500. The van der Waals surface area contributed by atoms with Gasteiger partial charge in [-0.25, -0.2) is 8.42 Å². The van der Waals surface area contributed by atoms with Crippen LogP contribution in [-0.4, -0.2) is 27.0 Å². The molecule has 0 spiro atoms.